The first kappa shape index (κ1) is 26.9. The number of fused-ring (bicyclic) bond motifs is 1. The van der Waals surface area contributed by atoms with Crippen LogP contribution in [-0.2, 0) is 22.6 Å². The van der Waals surface area contributed by atoms with Crippen molar-refractivity contribution in [3.63, 3.8) is 0 Å². The van der Waals surface area contributed by atoms with Crippen molar-refractivity contribution in [1.82, 2.24) is 0 Å². The molecule has 0 saturated carbocycles. The van der Waals surface area contributed by atoms with Gasteiger partial charge in [0.05, 0.1) is 12.5 Å². The highest BCUT2D eigenvalue weighted by Gasteiger charge is 2.38. The van der Waals surface area contributed by atoms with E-state index in [1.54, 1.807) is 12.1 Å². The Labute approximate surface area is 229 Å². The van der Waals surface area contributed by atoms with E-state index >= 15 is 0 Å². The van der Waals surface area contributed by atoms with Gasteiger partial charge in [0, 0.05) is 24.0 Å². The average Bonchev–Trinajstić information content (AvgIpc) is 3.20. The molecule has 204 valence electrons. The summed E-state index contributed by atoms with van der Waals surface area (Å²) in [5.74, 6) is 0.722. The molecule has 3 aromatic carbocycles. The second kappa shape index (κ2) is 10.9. The van der Waals surface area contributed by atoms with Gasteiger partial charge in [-0.1, -0.05) is 62.4 Å². The Balaban J connectivity index is 1.72. The fourth-order valence-corrected chi connectivity index (χ4v) is 5.55. The Bertz CT molecular complexity index is 1380. The van der Waals surface area contributed by atoms with Gasteiger partial charge in [0.2, 0.25) is 0 Å². The maximum absolute atomic E-state index is 14.0. The number of carbonyl (C=O) groups excluding carboxylic acids is 1. The van der Waals surface area contributed by atoms with E-state index < -0.39 is 23.8 Å². The van der Waals surface area contributed by atoms with Gasteiger partial charge in [-0.3, -0.25) is 4.79 Å². The van der Waals surface area contributed by atoms with Crippen LogP contribution in [0.25, 0.3) is 17.2 Å². The lowest BCUT2D eigenvalue weighted by Gasteiger charge is -2.25. The highest BCUT2D eigenvalue weighted by atomic mass is 19.1. The molecule has 2 aliphatic heterocycles. The normalized spacial score (nSPS) is 20.1. The monoisotopic (exact) mass is 530 g/mol. The second-order valence-corrected chi connectivity index (χ2v) is 11.3. The molecular formula is C33H35FO5. The third kappa shape index (κ3) is 5.86. The topological polar surface area (TPSA) is 65.0 Å². The predicted molar refractivity (Wildman–Crippen MR) is 149 cm³/mol. The fraction of sp³-hybridized carbons (Fsp3) is 0.364. The fourth-order valence-electron chi connectivity index (χ4n) is 5.55. The molecule has 1 fully saturated rings. The molecule has 0 aromatic heterocycles. The Morgan fingerprint density at radius 2 is 1.85 bits per heavy atom. The summed E-state index contributed by atoms with van der Waals surface area (Å²) in [6.07, 6.45) is 3.57. The van der Waals surface area contributed by atoms with E-state index in [0.29, 0.717) is 25.2 Å². The van der Waals surface area contributed by atoms with Crippen molar-refractivity contribution in [3.8, 4) is 22.6 Å². The minimum Gasteiger partial charge on any atom is -0.484 e. The highest BCUT2D eigenvalue weighted by molar-refractivity contribution is 5.87. The molecule has 0 unspecified atom stereocenters. The first-order valence-corrected chi connectivity index (χ1v) is 13.5. The standard InChI is InChI=1S/C33H35FO5/c1-20(2)29-26(15-14-25-16-24(35)17-28(36)38-25)30(22-10-12-23(34)13-11-22)32(31-27(29)18-33(3,4)39-31)37-19-21-8-6-5-7-9-21/h5-15,20,24-25,35H,16-19H2,1-4H3/b15-14+/t24-,25-/m1/s1. The highest BCUT2D eigenvalue weighted by Crippen LogP contribution is 2.53. The zero-order chi connectivity index (χ0) is 27.7. The zero-order valence-electron chi connectivity index (χ0n) is 22.9. The summed E-state index contributed by atoms with van der Waals surface area (Å²) in [7, 11) is 0. The number of hydrogen-bond acceptors (Lipinski definition) is 5. The van der Waals surface area contributed by atoms with Crippen LogP contribution in [-0.4, -0.2) is 28.9 Å². The molecule has 3 aromatic rings. The lowest BCUT2D eigenvalue weighted by atomic mass is 9.83. The Hall–Kier alpha value is -3.64. The van der Waals surface area contributed by atoms with Crippen LogP contribution in [0.3, 0.4) is 0 Å². The molecule has 0 aliphatic carbocycles. The van der Waals surface area contributed by atoms with Gasteiger partial charge in [0.1, 0.15) is 24.1 Å². The molecule has 2 heterocycles. The number of rotatable bonds is 7. The molecule has 6 heteroatoms. The maximum Gasteiger partial charge on any atom is 0.309 e. The van der Waals surface area contributed by atoms with Gasteiger partial charge in [0.15, 0.2) is 11.5 Å². The lowest BCUT2D eigenvalue weighted by Crippen LogP contribution is -2.31. The molecular weight excluding hydrogens is 495 g/mol. The number of ether oxygens (including phenoxy) is 3. The van der Waals surface area contributed by atoms with Gasteiger partial charge >= 0.3 is 5.97 Å². The smallest absolute Gasteiger partial charge is 0.309 e. The van der Waals surface area contributed by atoms with Crippen LogP contribution in [0.1, 0.15) is 68.7 Å². The summed E-state index contributed by atoms with van der Waals surface area (Å²) < 4.78 is 32.6. The molecule has 1 N–H and O–H groups in total. The number of cyclic esters (lactones) is 1. The third-order valence-electron chi connectivity index (χ3n) is 7.18. The van der Waals surface area contributed by atoms with Crippen molar-refractivity contribution in [3.05, 3.63) is 88.7 Å². The third-order valence-corrected chi connectivity index (χ3v) is 7.18. The Kier molecular flexibility index (Phi) is 7.50. The molecule has 0 spiro atoms. The number of hydrogen-bond donors (Lipinski definition) is 1. The maximum atomic E-state index is 14.0. The van der Waals surface area contributed by atoms with Crippen LogP contribution in [0.5, 0.6) is 11.5 Å². The van der Waals surface area contributed by atoms with Gasteiger partial charge in [0.25, 0.3) is 0 Å². The second-order valence-electron chi connectivity index (χ2n) is 11.3. The van der Waals surface area contributed by atoms with Crippen LogP contribution < -0.4 is 9.47 Å². The zero-order valence-corrected chi connectivity index (χ0v) is 22.9. The van der Waals surface area contributed by atoms with Crippen LogP contribution in [0, 0.1) is 5.82 Å². The number of aliphatic hydroxyl groups excluding tert-OH is 1. The number of benzene rings is 3. The van der Waals surface area contributed by atoms with E-state index in [1.807, 2.05) is 42.5 Å². The summed E-state index contributed by atoms with van der Waals surface area (Å²) in [5.41, 5.74) is 5.29. The van der Waals surface area contributed by atoms with Crippen LogP contribution in [0.15, 0.2) is 60.7 Å². The van der Waals surface area contributed by atoms with E-state index in [1.165, 1.54) is 12.1 Å². The van der Waals surface area contributed by atoms with Gasteiger partial charge in [-0.25, -0.2) is 4.39 Å². The summed E-state index contributed by atoms with van der Waals surface area (Å²) in [4.78, 5) is 12.0. The van der Waals surface area contributed by atoms with Crippen molar-refractivity contribution in [2.75, 3.05) is 0 Å². The van der Waals surface area contributed by atoms with Crippen molar-refractivity contribution < 1.29 is 28.5 Å². The van der Waals surface area contributed by atoms with Crippen LogP contribution in [0.2, 0.25) is 0 Å². The van der Waals surface area contributed by atoms with Crippen LogP contribution >= 0.6 is 0 Å². The van der Waals surface area contributed by atoms with Gasteiger partial charge in [-0.05, 0) is 60.2 Å². The van der Waals surface area contributed by atoms with Gasteiger partial charge in [-0.2, -0.15) is 0 Å². The number of esters is 1. The number of carbonyl (C=O) groups is 1. The number of halogens is 1. The Morgan fingerprint density at radius 1 is 1.13 bits per heavy atom. The summed E-state index contributed by atoms with van der Waals surface area (Å²) in [6.45, 7) is 8.74. The summed E-state index contributed by atoms with van der Waals surface area (Å²) in [5, 5.41) is 10.1. The number of aliphatic hydroxyl groups is 1. The van der Waals surface area contributed by atoms with Gasteiger partial charge in [-0.15, -0.1) is 0 Å². The quantitative estimate of drug-likeness (QED) is 0.334. The first-order valence-electron chi connectivity index (χ1n) is 13.5. The molecule has 0 radical (unpaired) electrons. The largest absolute Gasteiger partial charge is 0.484 e. The molecule has 39 heavy (non-hydrogen) atoms. The minimum absolute atomic E-state index is 0.00511. The van der Waals surface area contributed by atoms with E-state index in [0.717, 1.165) is 39.1 Å². The average molecular weight is 531 g/mol. The molecule has 5 rings (SSSR count). The van der Waals surface area contributed by atoms with E-state index in [-0.39, 0.29) is 18.2 Å². The lowest BCUT2D eigenvalue weighted by molar-refractivity contribution is -0.156. The predicted octanol–water partition coefficient (Wildman–Crippen LogP) is 6.99. The first-order chi connectivity index (χ1) is 18.6. The van der Waals surface area contributed by atoms with Crippen LogP contribution in [0.4, 0.5) is 4.39 Å². The summed E-state index contributed by atoms with van der Waals surface area (Å²) >= 11 is 0. The Morgan fingerprint density at radius 3 is 2.51 bits per heavy atom. The molecule has 2 aliphatic rings. The molecule has 0 amide bonds. The molecule has 0 bridgehead atoms. The SMILES string of the molecule is CC(C)c1c(/C=C/[C@@H]2C[C@@H](O)CC(=O)O2)c(-c2ccc(F)cc2)c(OCc2ccccc2)c2c1CC(C)(C)O2. The van der Waals surface area contributed by atoms with Crippen molar-refractivity contribution in [2.45, 2.75) is 77.3 Å². The molecule has 2 atom stereocenters. The van der Waals surface area contributed by atoms with E-state index in [9.17, 15) is 14.3 Å². The van der Waals surface area contributed by atoms with Crippen molar-refractivity contribution in [2.24, 2.45) is 0 Å². The van der Waals surface area contributed by atoms with Crippen molar-refractivity contribution >= 4 is 12.0 Å². The van der Waals surface area contributed by atoms with Crippen molar-refractivity contribution in [1.29, 1.82) is 0 Å². The van der Waals surface area contributed by atoms with E-state index in [4.69, 9.17) is 14.2 Å². The van der Waals surface area contributed by atoms with Gasteiger partial charge < -0.3 is 19.3 Å². The molecule has 1 saturated heterocycles. The molecule has 5 nitrogen and oxygen atoms in total. The minimum atomic E-state index is -0.735. The van der Waals surface area contributed by atoms with E-state index in [2.05, 4.69) is 27.7 Å². The summed E-state index contributed by atoms with van der Waals surface area (Å²) in [6, 6.07) is 16.3.